The molecule has 0 aliphatic heterocycles. The van der Waals surface area contributed by atoms with E-state index in [0.29, 0.717) is 12.8 Å². The summed E-state index contributed by atoms with van der Waals surface area (Å²) in [5, 5.41) is 0. The molecule has 0 spiro atoms. The molecular weight excluding hydrogens is 617 g/mol. The highest BCUT2D eigenvalue weighted by atomic mass is 31.2. The van der Waals surface area contributed by atoms with E-state index in [0.717, 1.165) is 51.4 Å². The van der Waals surface area contributed by atoms with E-state index in [1.807, 2.05) is 30.4 Å². The topological polar surface area (TPSA) is 134 Å². The van der Waals surface area contributed by atoms with Crippen LogP contribution in [-0.4, -0.2) is 49.3 Å². The zero-order valence-electron chi connectivity index (χ0n) is 29.2. The number of esters is 2. The number of unbranched alkanes of at least 4 members (excludes halogenated alkanes) is 11. The van der Waals surface area contributed by atoms with Gasteiger partial charge in [-0.3, -0.25) is 18.6 Å². The normalized spacial score (nSPS) is 14.2. The van der Waals surface area contributed by atoms with Crippen LogP contribution in [0.5, 0.6) is 0 Å². The summed E-state index contributed by atoms with van der Waals surface area (Å²) in [5.74, 6) is -0.940. The monoisotopic (exact) mass is 681 g/mol. The largest absolute Gasteiger partial charge is 0.472 e. The van der Waals surface area contributed by atoms with Crippen molar-refractivity contribution in [3.63, 3.8) is 0 Å². The molecule has 0 saturated carbocycles. The van der Waals surface area contributed by atoms with E-state index in [9.17, 15) is 19.0 Å². The summed E-state index contributed by atoms with van der Waals surface area (Å²) in [6.07, 6.45) is 37.0. The Kier molecular flexibility index (Phi) is 32.0. The Labute approximate surface area is 285 Å². The summed E-state index contributed by atoms with van der Waals surface area (Å²) in [6, 6.07) is 0. The molecule has 3 N–H and O–H groups in total. The SMILES string of the molecule is CC/C=C/C=C/C=C/CCCCCCCC(=O)OC(COC(=O)CC/C=C/C/C=C/CCCCCCCC)COP(=O)(O)OCCN. The molecular formula is C37H64NO8P. The van der Waals surface area contributed by atoms with Gasteiger partial charge in [0.2, 0.25) is 0 Å². The van der Waals surface area contributed by atoms with Gasteiger partial charge in [-0.15, -0.1) is 0 Å². The highest BCUT2D eigenvalue weighted by Crippen LogP contribution is 2.43. The minimum atomic E-state index is -4.39. The number of hydrogen-bond donors (Lipinski definition) is 2. The maximum absolute atomic E-state index is 12.5. The average Bonchev–Trinajstić information content (AvgIpc) is 3.05. The van der Waals surface area contributed by atoms with Crippen molar-refractivity contribution in [2.45, 2.75) is 136 Å². The number of carbonyl (C=O) groups is 2. The van der Waals surface area contributed by atoms with Gasteiger partial charge in [-0.1, -0.05) is 126 Å². The van der Waals surface area contributed by atoms with Gasteiger partial charge in [-0.25, -0.2) is 4.57 Å². The van der Waals surface area contributed by atoms with E-state index in [2.05, 4.69) is 44.2 Å². The van der Waals surface area contributed by atoms with Crippen LogP contribution in [-0.2, 0) is 32.7 Å². The van der Waals surface area contributed by atoms with Gasteiger partial charge in [0.25, 0.3) is 0 Å². The molecule has 0 bridgehead atoms. The molecule has 47 heavy (non-hydrogen) atoms. The summed E-state index contributed by atoms with van der Waals surface area (Å²) < 4.78 is 32.5. The van der Waals surface area contributed by atoms with Gasteiger partial charge in [-0.2, -0.15) is 0 Å². The Morgan fingerprint density at radius 1 is 0.681 bits per heavy atom. The molecule has 0 rings (SSSR count). The predicted octanol–water partition coefficient (Wildman–Crippen LogP) is 9.38. The van der Waals surface area contributed by atoms with Crippen molar-refractivity contribution in [3.8, 4) is 0 Å². The lowest BCUT2D eigenvalue weighted by Crippen LogP contribution is -2.29. The van der Waals surface area contributed by atoms with Gasteiger partial charge >= 0.3 is 19.8 Å². The molecule has 0 heterocycles. The molecule has 0 aromatic heterocycles. The van der Waals surface area contributed by atoms with Crippen LogP contribution >= 0.6 is 7.82 Å². The van der Waals surface area contributed by atoms with Crippen LogP contribution in [0.25, 0.3) is 0 Å². The van der Waals surface area contributed by atoms with Crippen molar-refractivity contribution < 1.29 is 37.6 Å². The zero-order valence-corrected chi connectivity index (χ0v) is 30.1. The third-order valence-electron chi connectivity index (χ3n) is 6.96. The second-order valence-corrected chi connectivity index (χ2v) is 12.9. The lowest BCUT2D eigenvalue weighted by Gasteiger charge is -2.19. The zero-order chi connectivity index (χ0) is 34.7. The number of nitrogens with two attached hydrogens (primary N) is 1. The molecule has 0 aromatic carbocycles. The highest BCUT2D eigenvalue weighted by molar-refractivity contribution is 7.47. The van der Waals surface area contributed by atoms with Gasteiger partial charge < -0.3 is 20.1 Å². The second-order valence-electron chi connectivity index (χ2n) is 11.4. The standard InChI is InChI=1S/C37H64NO8P/c1-3-5-7-9-11-13-15-17-19-21-23-25-27-29-36(39)43-33-35(34-45-47(41,42)44-32-31-38)46-37(40)30-28-26-24-22-20-18-16-14-12-10-8-6-4-2/h6,8,10,12,14,16-17,19,23,25,35H,3-5,7,9,11,13,15,18,20-22,24,26-34,38H2,1-2H3,(H,41,42)/b8-6+,12-10+,16-14+,19-17+,25-23+. The summed E-state index contributed by atoms with van der Waals surface area (Å²) in [4.78, 5) is 34.6. The number of phosphoric ester groups is 1. The smallest absolute Gasteiger partial charge is 0.462 e. The first-order chi connectivity index (χ1) is 22.8. The van der Waals surface area contributed by atoms with Gasteiger partial charge in [0.1, 0.15) is 6.61 Å². The third-order valence-corrected chi connectivity index (χ3v) is 7.95. The molecule has 9 nitrogen and oxygen atoms in total. The molecule has 270 valence electrons. The van der Waals surface area contributed by atoms with Crippen LogP contribution in [0.3, 0.4) is 0 Å². The Morgan fingerprint density at radius 2 is 1.30 bits per heavy atom. The molecule has 0 fully saturated rings. The lowest BCUT2D eigenvalue weighted by atomic mass is 10.1. The van der Waals surface area contributed by atoms with E-state index in [1.54, 1.807) is 0 Å². The first-order valence-electron chi connectivity index (χ1n) is 17.8. The quantitative estimate of drug-likeness (QED) is 0.0234. The number of allylic oxidation sites excluding steroid dienone is 10. The maximum Gasteiger partial charge on any atom is 0.472 e. The Hall–Kier alpha value is -2.29. The van der Waals surface area contributed by atoms with Crippen LogP contribution in [0.15, 0.2) is 60.8 Å². The third kappa shape index (κ3) is 33.4. The summed E-state index contributed by atoms with van der Waals surface area (Å²) >= 11 is 0. The van der Waals surface area contributed by atoms with Crippen LogP contribution in [0.4, 0.5) is 0 Å². The van der Waals surface area contributed by atoms with E-state index in [1.165, 1.54) is 38.5 Å². The minimum absolute atomic E-state index is 0.0405. The molecule has 2 atom stereocenters. The van der Waals surface area contributed by atoms with Gasteiger partial charge in [0, 0.05) is 19.4 Å². The molecule has 0 amide bonds. The van der Waals surface area contributed by atoms with Crippen molar-refractivity contribution in [1.29, 1.82) is 0 Å². The molecule has 0 aromatic rings. The molecule has 10 heteroatoms. The predicted molar refractivity (Wildman–Crippen MR) is 192 cm³/mol. The fourth-order valence-corrected chi connectivity index (χ4v) is 5.10. The van der Waals surface area contributed by atoms with Gasteiger partial charge in [0.15, 0.2) is 6.10 Å². The Balaban J connectivity index is 4.39. The van der Waals surface area contributed by atoms with E-state index in [-0.39, 0.29) is 32.6 Å². The highest BCUT2D eigenvalue weighted by Gasteiger charge is 2.25. The van der Waals surface area contributed by atoms with Gasteiger partial charge in [-0.05, 0) is 51.4 Å². The fraction of sp³-hybridized carbons (Fsp3) is 0.676. The molecule has 0 aliphatic rings. The van der Waals surface area contributed by atoms with Crippen LogP contribution in [0.2, 0.25) is 0 Å². The van der Waals surface area contributed by atoms with Crippen LogP contribution in [0, 0.1) is 0 Å². The van der Waals surface area contributed by atoms with Crippen molar-refractivity contribution in [1.82, 2.24) is 0 Å². The van der Waals surface area contributed by atoms with Crippen molar-refractivity contribution >= 4 is 19.8 Å². The van der Waals surface area contributed by atoms with E-state index >= 15 is 0 Å². The maximum atomic E-state index is 12.5. The first kappa shape index (κ1) is 44.7. The van der Waals surface area contributed by atoms with Crippen LogP contribution in [0.1, 0.15) is 129 Å². The summed E-state index contributed by atoms with van der Waals surface area (Å²) in [6.45, 7) is 3.46. The number of rotatable bonds is 32. The Bertz CT molecular complexity index is 960. The van der Waals surface area contributed by atoms with Crippen molar-refractivity contribution in [3.05, 3.63) is 60.8 Å². The number of phosphoric acid groups is 1. The first-order valence-corrected chi connectivity index (χ1v) is 19.3. The molecule has 2 unspecified atom stereocenters. The number of carbonyl (C=O) groups excluding carboxylic acids is 2. The van der Waals surface area contributed by atoms with Crippen LogP contribution < -0.4 is 5.73 Å². The minimum Gasteiger partial charge on any atom is -0.462 e. The summed E-state index contributed by atoms with van der Waals surface area (Å²) in [7, 11) is -4.39. The van der Waals surface area contributed by atoms with Crippen molar-refractivity contribution in [2.75, 3.05) is 26.4 Å². The summed E-state index contributed by atoms with van der Waals surface area (Å²) in [5.41, 5.74) is 5.31. The number of hydrogen-bond acceptors (Lipinski definition) is 8. The fourth-order valence-electron chi connectivity index (χ4n) is 4.33. The average molecular weight is 682 g/mol. The lowest BCUT2D eigenvalue weighted by molar-refractivity contribution is -0.161. The number of ether oxygens (including phenoxy) is 2. The van der Waals surface area contributed by atoms with Gasteiger partial charge in [0.05, 0.1) is 13.2 Å². The second kappa shape index (κ2) is 33.6. The van der Waals surface area contributed by atoms with E-state index < -0.39 is 32.5 Å². The molecule has 0 aliphatic carbocycles. The van der Waals surface area contributed by atoms with Crippen molar-refractivity contribution in [2.24, 2.45) is 5.73 Å². The molecule has 0 saturated heterocycles. The van der Waals surface area contributed by atoms with E-state index in [4.69, 9.17) is 24.3 Å². The molecule has 0 radical (unpaired) electrons. The Morgan fingerprint density at radius 3 is 1.98 bits per heavy atom.